The first-order valence-corrected chi connectivity index (χ1v) is 7.22. The molecule has 16 heavy (non-hydrogen) atoms. The van der Waals surface area contributed by atoms with Crippen molar-refractivity contribution in [3.8, 4) is 0 Å². The van der Waals surface area contributed by atoms with E-state index in [4.69, 9.17) is 0 Å². The molecule has 1 aliphatic carbocycles. The van der Waals surface area contributed by atoms with Gasteiger partial charge in [-0.1, -0.05) is 26.7 Å². The zero-order valence-electron chi connectivity index (χ0n) is 10.4. The minimum absolute atomic E-state index is 0.401. The van der Waals surface area contributed by atoms with E-state index in [0.717, 1.165) is 11.8 Å². The molecule has 1 aliphatic rings. The average Bonchev–Trinajstić information content (AvgIpc) is 2.78. The van der Waals surface area contributed by atoms with E-state index in [1.165, 1.54) is 24.3 Å². The summed E-state index contributed by atoms with van der Waals surface area (Å²) in [7, 11) is 0. The molecule has 1 aromatic heterocycles. The first kappa shape index (κ1) is 12.1. The van der Waals surface area contributed by atoms with E-state index in [0.29, 0.717) is 12.1 Å². The van der Waals surface area contributed by atoms with Gasteiger partial charge in [0.2, 0.25) is 0 Å². The smallest absolute Gasteiger partial charge is 0.109 e. The second-order valence-electron chi connectivity index (χ2n) is 5.13. The van der Waals surface area contributed by atoms with Crippen LogP contribution in [0.5, 0.6) is 0 Å². The SMILES string of the molecule is CC(NC1CCCC(C)C1C)c1nccs1. The molecule has 0 aliphatic heterocycles. The van der Waals surface area contributed by atoms with Crippen LogP contribution in [-0.4, -0.2) is 11.0 Å². The van der Waals surface area contributed by atoms with Gasteiger partial charge in [-0.15, -0.1) is 11.3 Å². The largest absolute Gasteiger partial charge is 0.305 e. The van der Waals surface area contributed by atoms with Crippen molar-refractivity contribution in [2.75, 3.05) is 0 Å². The number of aromatic nitrogens is 1. The molecule has 90 valence electrons. The Bertz CT molecular complexity index is 310. The molecule has 1 saturated carbocycles. The van der Waals surface area contributed by atoms with E-state index >= 15 is 0 Å². The number of rotatable bonds is 3. The topological polar surface area (TPSA) is 24.9 Å². The van der Waals surface area contributed by atoms with Gasteiger partial charge in [0.25, 0.3) is 0 Å². The summed E-state index contributed by atoms with van der Waals surface area (Å²) in [6.07, 6.45) is 5.98. The number of hydrogen-bond acceptors (Lipinski definition) is 3. The van der Waals surface area contributed by atoms with Gasteiger partial charge in [-0.2, -0.15) is 0 Å². The first-order valence-electron chi connectivity index (χ1n) is 6.34. The third kappa shape index (κ3) is 2.64. The van der Waals surface area contributed by atoms with Crippen LogP contribution >= 0.6 is 11.3 Å². The minimum Gasteiger partial charge on any atom is -0.305 e. The molecule has 1 N–H and O–H groups in total. The molecule has 4 unspecified atom stereocenters. The Kier molecular flexibility index (Phi) is 3.98. The van der Waals surface area contributed by atoms with Crippen molar-refractivity contribution < 1.29 is 0 Å². The Labute approximate surface area is 102 Å². The van der Waals surface area contributed by atoms with Crippen LogP contribution in [0, 0.1) is 11.8 Å². The van der Waals surface area contributed by atoms with Crippen LogP contribution < -0.4 is 5.32 Å². The van der Waals surface area contributed by atoms with Crippen LogP contribution in [0.1, 0.15) is 51.1 Å². The van der Waals surface area contributed by atoms with Crippen LogP contribution in [0.2, 0.25) is 0 Å². The summed E-state index contributed by atoms with van der Waals surface area (Å²) in [5.41, 5.74) is 0. The second kappa shape index (κ2) is 5.28. The highest BCUT2D eigenvalue weighted by Gasteiger charge is 2.28. The number of nitrogens with zero attached hydrogens (tertiary/aromatic N) is 1. The maximum Gasteiger partial charge on any atom is 0.109 e. The van der Waals surface area contributed by atoms with Gasteiger partial charge in [-0.05, 0) is 25.2 Å². The summed E-state index contributed by atoms with van der Waals surface area (Å²) < 4.78 is 0. The van der Waals surface area contributed by atoms with Gasteiger partial charge in [0.05, 0.1) is 6.04 Å². The molecule has 0 saturated heterocycles. The quantitative estimate of drug-likeness (QED) is 0.870. The summed E-state index contributed by atoms with van der Waals surface area (Å²) in [5, 5.41) is 7.02. The summed E-state index contributed by atoms with van der Waals surface area (Å²) >= 11 is 1.75. The molecule has 2 nitrogen and oxygen atoms in total. The molecule has 0 bridgehead atoms. The van der Waals surface area contributed by atoms with E-state index in [-0.39, 0.29) is 0 Å². The fourth-order valence-corrected chi connectivity index (χ4v) is 3.31. The van der Waals surface area contributed by atoms with E-state index in [2.05, 4.69) is 36.5 Å². The molecule has 0 amide bonds. The zero-order chi connectivity index (χ0) is 11.5. The maximum atomic E-state index is 4.38. The molecule has 0 aromatic carbocycles. The van der Waals surface area contributed by atoms with E-state index in [1.807, 2.05) is 6.20 Å². The standard InChI is InChI=1S/C13H22N2S/c1-9-5-4-6-12(10(9)2)15-11(3)13-14-7-8-16-13/h7-12,15H,4-6H2,1-3H3. The minimum atomic E-state index is 0.401. The number of thiazole rings is 1. The van der Waals surface area contributed by atoms with Gasteiger partial charge in [0.1, 0.15) is 5.01 Å². The van der Waals surface area contributed by atoms with Crippen LogP contribution in [0.3, 0.4) is 0 Å². The van der Waals surface area contributed by atoms with Crippen LogP contribution in [-0.2, 0) is 0 Å². The van der Waals surface area contributed by atoms with Gasteiger partial charge in [0, 0.05) is 17.6 Å². The van der Waals surface area contributed by atoms with Crippen molar-refractivity contribution in [2.45, 2.75) is 52.1 Å². The second-order valence-corrected chi connectivity index (χ2v) is 6.06. The predicted octanol–water partition coefficient (Wildman–Crippen LogP) is 3.62. The van der Waals surface area contributed by atoms with Crippen molar-refractivity contribution in [2.24, 2.45) is 11.8 Å². The van der Waals surface area contributed by atoms with Crippen molar-refractivity contribution in [1.82, 2.24) is 10.3 Å². The summed E-state index contributed by atoms with van der Waals surface area (Å²) in [6, 6.07) is 1.07. The van der Waals surface area contributed by atoms with Crippen molar-refractivity contribution in [3.63, 3.8) is 0 Å². The van der Waals surface area contributed by atoms with Crippen molar-refractivity contribution in [1.29, 1.82) is 0 Å². The van der Waals surface area contributed by atoms with Crippen LogP contribution in [0.15, 0.2) is 11.6 Å². The van der Waals surface area contributed by atoms with Gasteiger partial charge in [-0.25, -0.2) is 4.98 Å². The Balaban J connectivity index is 1.93. The normalized spacial score (nSPS) is 32.6. The monoisotopic (exact) mass is 238 g/mol. The lowest BCUT2D eigenvalue weighted by Crippen LogP contribution is -2.41. The highest BCUT2D eigenvalue weighted by atomic mass is 32.1. The van der Waals surface area contributed by atoms with Gasteiger partial charge in [0.15, 0.2) is 0 Å². The fraction of sp³-hybridized carbons (Fsp3) is 0.769. The molecule has 1 aromatic rings. The average molecular weight is 238 g/mol. The summed E-state index contributed by atoms with van der Waals surface area (Å²) in [6.45, 7) is 6.99. The molecule has 1 heterocycles. The van der Waals surface area contributed by atoms with Crippen molar-refractivity contribution in [3.05, 3.63) is 16.6 Å². The molecule has 0 spiro atoms. The van der Waals surface area contributed by atoms with Crippen LogP contribution in [0.25, 0.3) is 0 Å². The molecule has 2 rings (SSSR count). The first-order chi connectivity index (χ1) is 7.68. The lowest BCUT2D eigenvalue weighted by molar-refractivity contribution is 0.196. The molecular formula is C13H22N2S. The third-order valence-corrected chi connectivity index (χ3v) is 4.95. The molecule has 3 heteroatoms. The third-order valence-electron chi connectivity index (χ3n) is 3.99. The zero-order valence-corrected chi connectivity index (χ0v) is 11.3. The summed E-state index contributed by atoms with van der Waals surface area (Å²) in [5.74, 6) is 1.64. The van der Waals surface area contributed by atoms with Gasteiger partial charge in [-0.3, -0.25) is 0 Å². The Morgan fingerprint density at radius 1 is 1.44 bits per heavy atom. The number of hydrogen-bond donors (Lipinski definition) is 1. The van der Waals surface area contributed by atoms with Crippen molar-refractivity contribution >= 4 is 11.3 Å². The molecule has 1 fully saturated rings. The maximum absolute atomic E-state index is 4.38. The highest BCUT2D eigenvalue weighted by molar-refractivity contribution is 7.09. The Morgan fingerprint density at radius 3 is 2.94 bits per heavy atom. The Morgan fingerprint density at radius 2 is 2.25 bits per heavy atom. The van der Waals surface area contributed by atoms with Crippen LogP contribution in [0.4, 0.5) is 0 Å². The lowest BCUT2D eigenvalue weighted by atomic mass is 9.78. The lowest BCUT2D eigenvalue weighted by Gasteiger charge is -2.36. The fourth-order valence-electron chi connectivity index (χ4n) is 2.66. The van der Waals surface area contributed by atoms with E-state index < -0.39 is 0 Å². The summed E-state index contributed by atoms with van der Waals surface area (Å²) in [4.78, 5) is 4.38. The van der Waals surface area contributed by atoms with E-state index in [9.17, 15) is 0 Å². The molecule has 4 atom stereocenters. The highest BCUT2D eigenvalue weighted by Crippen LogP contribution is 2.31. The molecular weight excluding hydrogens is 216 g/mol. The van der Waals surface area contributed by atoms with Gasteiger partial charge < -0.3 is 5.32 Å². The van der Waals surface area contributed by atoms with Gasteiger partial charge >= 0.3 is 0 Å². The Hall–Kier alpha value is -0.410. The predicted molar refractivity (Wildman–Crippen MR) is 69.6 cm³/mol. The van der Waals surface area contributed by atoms with E-state index in [1.54, 1.807) is 11.3 Å². The molecule has 0 radical (unpaired) electrons. The number of nitrogens with one attached hydrogen (secondary N) is 1.